The highest BCUT2D eigenvalue weighted by Crippen LogP contribution is 2.34. The minimum absolute atomic E-state index is 0.490. The van der Waals surface area contributed by atoms with Gasteiger partial charge in [-0.1, -0.05) is 38.0 Å². The molecule has 0 bridgehead atoms. The van der Waals surface area contributed by atoms with Crippen molar-refractivity contribution in [3.8, 4) is 0 Å². The molecule has 0 amide bonds. The molecule has 1 aromatic rings. The monoisotopic (exact) mass is 274 g/mol. The lowest BCUT2D eigenvalue weighted by Crippen LogP contribution is -2.47. The van der Waals surface area contributed by atoms with Gasteiger partial charge in [0.15, 0.2) is 0 Å². The molecule has 2 heteroatoms. The summed E-state index contributed by atoms with van der Waals surface area (Å²) in [5.41, 5.74) is 8.89. The first-order valence-electron chi connectivity index (χ1n) is 8.19. The van der Waals surface area contributed by atoms with E-state index < -0.39 is 0 Å². The third kappa shape index (κ3) is 3.35. The third-order valence-corrected chi connectivity index (χ3v) is 4.93. The number of nitrogens with zero attached hydrogens (tertiary/aromatic N) is 1. The van der Waals surface area contributed by atoms with Gasteiger partial charge in [-0.05, 0) is 50.2 Å². The molecule has 2 rings (SSSR count). The lowest BCUT2D eigenvalue weighted by Gasteiger charge is -2.41. The van der Waals surface area contributed by atoms with Gasteiger partial charge in [-0.15, -0.1) is 0 Å². The lowest BCUT2D eigenvalue weighted by atomic mass is 9.78. The smallest absolute Gasteiger partial charge is 0.0440 e. The number of nitrogens with two attached hydrogens (primary N) is 1. The van der Waals surface area contributed by atoms with Crippen molar-refractivity contribution in [2.24, 2.45) is 17.6 Å². The summed E-state index contributed by atoms with van der Waals surface area (Å²) in [5.74, 6) is 1.61. The van der Waals surface area contributed by atoms with Crippen LogP contribution in [0.15, 0.2) is 24.3 Å². The average Bonchev–Trinajstić information content (AvgIpc) is 2.45. The van der Waals surface area contributed by atoms with Gasteiger partial charge in [0.25, 0.3) is 0 Å². The maximum atomic E-state index is 6.17. The fourth-order valence-electron chi connectivity index (χ4n) is 3.87. The van der Waals surface area contributed by atoms with Crippen LogP contribution in [-0.4, -0.2) is 19.1 Å². The maximum Gasteiger partial charge on any atom is 0.0440 e. The van der Waals surface area contributed by atoms with Gasteiger partial charge in [-0.25, -0.2) is 0 Å². The SMILES string of the molecule is CCN(c1ccccc1C)C(CN)C1CCCC(C)C1. The number of para-hydroxylation sites is 1. The standard InChI is InChI=1S/C18H30N2/c1-4-20(17-11-6-5-9-15(17)3)18(13-19)16-10-7-8-14(2)12-16/h5-6,9,11,14,16,18H,4,7-8,10,12-13,19H2,1-3H3. The molecule has 3 atom stereocenters. The van der Waals surface area contributed by atoms with Gasteiger partial charge in [0, 0.05) is 24.8 Å². The predicted octanol–water partition coefficient (Wildman–Crippen LogP) is 3.97. The molecule has 2 nitrogen and oxygen atoms in total. The number of anilines is 1. The Bertz CT molecular complexity index is 416. The number of aryl methyl sites for hydroxylation is 1. The molecule has 1 fully saturated rings. The molecule has 0 radical (unpaired) electrons. The van der Waals surface area contributed by atoms with E-state index in [4.69, 9.17) is 5.73 Å². The van der Waals surface area contributed by atoms with Gasteiger partial charge < -0.3 is 10.6 Å². The molecular weight excluding hydrogens is 244 g/mol. The van der Waals surface area contributed by atoms with Crippen LogP contribution in [0.4, 0.5) is 5.69 Å². The van der Waals surface area contributed by atoms with E-state index in [1.807, 2.05) is 0 Å². The number of rotatable bonds is 5. The largest absolute Gasteiger partial charge is 0.367 e. The fraction of sp³-hybridized carbons (Fsp3) is 0.667. The van der Waals surface area contributed by atoms with E-state index in [1.54, 1.807) is 0 Å². The molecule has 1 aromatic carbocycles. The topological polar surface area (TPSA) is 29.3 Å². The first kappa shape index (κ1) is 15.4. The molecule has 0 saturated heterocycles. The summed E-state index contributed by atoms with van der Waals surface area (Å²) in [6.07, 6.45) is 5.44. The van der Waals surface area contributed by atoms with Crippen LogP contribution in [0.2, 0.25) is 0 Å². The third-order valence-electron chi connectivity index (χ3n) is 4.93. The number of benzene rings is 1. The summed E-state index contributed by atoms with van der Waals surface area (Å²) in [4.78, 5) is 2.54. The summed E-state index contributed by atoms with van der Waals surface area (Å²) < 4.78 is 0. The molecular formula is C18H30N2. The van der Waals surface area contributed by atoms with E-state index >= 15 is 0 Å². The lowest BCUT2D eigenvalue weighted by molar-refractivity contribution is 0.242. The van der Waals surface area contributed by atoms with E-state index in [0.29, 0.717) is 6.04 Å². The van der Waals surface area contributed by atoms with Gasteiger partial charge in [0.05, 0.1) is 0 Å². The van der Waals surface area contributed by atoms with Crippen molar-refractivity contribution < 1.29 is 0 Å². The maximum absolute atomic E-state index is 6.17. The highest BCUT2D eigenvalue weighted by molar-refractivity contribution is 5.54. The summed E-state index contributed by atoms with van der Waals surface area (Å²) in [5, 5.41) is 0. The van der Waals surface area contributed by atoms with E-state index in [9.17, 15) is 0 Å². The number of likely N-dealkylation sites (N-methyl/N-ethyl adjacent to an activating group) is 1. The number of hydrogen-bond donors (Lipinski definition) is 1. The van der Waals surface area contributed by atoms with Crippen LogP contribution in [0.3, 0.4) is 0 Å². The van der Waals surface area contributed by atoms with Crippen LogP contribution < -0.4 is 10.6 Å². The molecule has 0 heterocycles. The average molecular weight is 274 g/mol. The van der Waals surface area contributed by atoms with Crippen LogP contribution in [0.5, 0.6) is 0 Å². The molecule has 1 aliphatic rings. The van der Waals surface area contributed by atoms with Gasteiger partial charge >= 0.3 is 0 Å². The molecule has 20 heavy (non-hydrogen) atoms. The van der Waals surface area contributed by atoms with Crippen molar-refractivity contribution in [2.75, 3.05) is 18.0 Å². The Hall–Kier alpha value is -1.02. The molecule has 1 aliphatic carbocycles. The van der Waals surface area contributed by atoms with Gasteiger partial charge in [0.2, 0.25) is 0 Å². The summed E-state index contributed by atoms with van der Waals surface area (Å²) in [7, 11) is 0. The Labute approximate surface area is 124 Å². The Morgan fingerprint density at radius 1 is 1.30 bits per heavy atom. The minimum atomic E-state index is 0.490. The van der Waals surface area contributed by atoms with E-state index in [1.165, 1.54) is 36.9 Å². The molecule has 2 N–H and O–H groups in total. The van der Waals surface area contributed by atoms with Crippen molar-refractivity contribution in [2.45, 2.75) is 52.5 Å². The normalized spacial score (nSPS) is 24.4. The first-order valence-corrected chi connectivity index (χ1v) is 8.19. The van der Waals surface area contributed by atoms with Crippen LogP contribution >= 0.6 is 0 Å². The Morgan fingerprint density at radius 2 is 2.05 bits per heavy atom. The summed E-state index contributed by atoms with van der Waals surface area (Å²) in [6.45, 7) is 8.65. The van der Waals surface area contributed by atoms with E-state index in [0.717, 1.165) is 24.9 Å². The van der Waals surface area contributed by atoms with Crippen molar-refractivity contribution in [1.29, 1.82) is 0 Å². The van der Waals surface area contributed by atoms with Crippen LogP contribution in [-0.2, 0) is 0 Å². The zero-order valence-corrected chi connectivity index (χ0v) is 13.3. The molecule has 1 saturated carbocycles. The van der Waals surface area contributed by atoms with Crippen LogP contribution in [0.25, 0.3) is 0 Å². The second-order valence-corrected chi connectivity index (χ2v) is 6.41. The Morgan fingerprint density at radius 3 is 2.65 bits per heavy atom. The summed E-state index contributed by atoms with van der Waals surface area (Å²) in [6, 6.07) is 9.20. The highest BCUT2D eigenvalue weighted by Gasteiger charge is 2.30. The van der Waals surface area contributed by atoms with Crippen molar-refractivity contribution >= 4 is 5.69 Å². The van der Waals surface area contributed by atoms with Gasteiger partial charge in [-0.3, -0.25) is 0 Å². The van der Waals surface area contributed by atoms with E-state index in [-0.39, 0.29) is 0 Å². The van der Waals surface area contributed by atoms with Crippen LogP contribution in [0, 0.1) is 18.8 Å². The zero-order valence-electron chi connectivity index (χ0n) is 13.3. The predicted molar refractivity (Wildman–Crippen MR) is 88.2 cm³/mol. The highest BCUT2D eigenvalue weighted by atomic mass is 15.2. The first-order chi connectivity index (χ1) is 9.67. The molecule has 3 unspecified atom stereocenters. The van der Waals surface area contributed by atoms with E-state index in [2.05, 4.69) is 49.9 Å². The van der Waals surface area contributed by atoms with Crippen molar-refractivity contribution in [3.05, 3.63) is 29.8 Å². The minimum Gasteiger partial charge on any atom is -0.367 e. The molecule has 0 aliphatic heterocycles. The molecule has 112 valence electrons. The molecule has 0 spiro atoms. The Kier molecular flexibility index (Phi) is 5.47. The Balaban J connectivity index is 2.21. The quantitative estimate of drug-likeness (QED) is 0.880. The summed E-state index contributed by atoms with van der Waals surface area (Å²) >= 11 is 0. The second-order valence-electron chi connectivity index (χ2n) is 6.41. The molecule has 0 aromatic heterocycles. The second kappa shape index (κ2) is 7.12. The van der Waals surface area contributed by atoms with Gasteiger partial charge in [-0.2, -0.15) is 0 Å². The van der Waals surface area contributed by atoms with Crippen molar-refractivity contribution in [3.63, 3.8) is 0 Å². The fourth-order valence-corrected chi connectivity index (χ4v) is 3.87. The zero-order chi connectivity index (χ0) is 14.5. The van der Waals surface area contributed by atoms with Crippen LogP contribution in [0.1, 0.15) is 45.1 Å². The van der Waals surface area contributed by atoms with Gasteiger partial charge in [0.1, 0.15) is 0 Å². The number of hydrogen-bond acceptors (Lipinski definition) is 2. The van der Waals surface area contributed by atoms with Crippen molar-refractivity contribution in [1.82, 2.24) is 0 Å².